The Kier molecular flexibility index (Phi) is 5.96. The van der Waals surface area contributed by atoms with Gasteiger partial charge in [-0.05, 0) is 38.0 Å². The Hall–Kier alpha value is -2.60. The van der Waals surface area contributed by atoms with Gasteiger partial charge in [0.1, 0.15) is 5.69 Å². The van der Waals surface area contributed by atoms with Crippen LogP contribution in [0.25, 0.3) is 0 Å². The SMILES string of the molecule is Cc1cccc(C(=O)Nc2cc(NC3CCCCC3)c([N+](=O)[O-])cc2Cl)c1. The number of nitrogens with one attached hydrogen (secondary N) is 2. The molecule has 0 radical (unpaired) electrons. The lowest BCUT2D eigenvalue weighted by atomic mass is 9.95. The lowest BCUT2D eigenvalue weighted by molar-refractivity contribution is -0.384. The highest BCUT2D eigenvalue weighted by Gasteiger charge is 2.22. The second-order valence-corrected chi connectivity index (χ2v) is 7.32. The molecular weight excluding hydrogens is 366 g/mol. The van der Waals surface area contributed by atoms with Gasteiger partial charge in [0.05, 0.1) is 15.6 Å². The minimum Gasteiger partial charge on any atom is -0.377 e. The van der Waals surface area contributed by atoms with Crippen molar-refractivity contribution in [3.8, 4) is 0 Å². The van der Waals surface area contributed by atoms with Crippen LogP contribution in [0, 0.1) is 17.0 Å². The number of amides is 1. The quantitative estimate of drug-likeness (QED) is 0.520. The van der Waals surface area contributed by atoms with Gasteiger partial charge >= 0.3 is 0 Å². The summed E-state index contributed by atoms with van der Waals surface area (Å²) in [4.78, 5) is 23.5. The molecule has 0 aromatic heterocycles. The van der Waals surface area contributed by atoms with Gasteiger partial charge in [0.25, 0.3) is 11.6 Å². The summed E-state index contributed by atoms with van der Waals surface area (Å²) in [6.07, 6.45) is 5.36. The molecule has 3 rings (SSSR count). The van der Waals surface area contributed by atoms with Gasteiger partial charge in [-0.2, -0.15) is 0 Å². The van der Waals surface area contributed by atoms with Crippen LogP contribution in [0.1, 0.15) is 48.0 Å². The molecule has 7 heteroatoms. The van der Waals surface area contributed by atoms with Crippen molar-refractivity contribution in [1.29, 1.82) is 0 Å². The molecule has 0 saturated heterocycles. The van der Waals surface area contributed by atoms with Gasteiger partial charge in [-0.3, -0.25) is 14.9 Å². The van der Waals surface area contributed by atoms with Crippen LogP contribution in [0.15, 0.2) is 36.4 Å². The van der Waals surface area contributed by atoms with Gasteiger partial charge in [-0.1, -0.05) is 48.6 Å². The van der Waals surface area contributed by atoms with Crippen molar-refractivity contribution in [3.05, 3.63) is 62.7 Å². The number of halogens is 1. The Morgan fingerprint density at radius 3 is 2.56 bits per heavy atom. The first kappa shape index (κ1) is 19.2. The number of nitrogens with zero attached hydrogens (tertiary/aromatic N) is 1. The second-order valence-electron chi connectivity index (χ2n) is 6.91. The highest BCUT2D eigenvalue weighted by atomic mass is 35.5. The fourth-order valence-electron chi connectivity index (χ4n) is 3.37. The number of nitro benzene ring substituents is 1. The van der Waals surface area contributed by atoms with Gasteiger partial charge in [0.15, 0.2) is 0 Å². The third-order valence-corrected chi connectivity index (χ3v) is 5.09. The molecule has 1 aliphatic rings. The molecule has 0 bridgehead atoms. The minimum atomic E-state index is -0.455. The molecule has 0 unspecified atom stereocenters. The Morgan fingerprint density at radius 2 is 1.89 bits per heavy atom. The van der Waals surface area contributed by atoms with Gasteiger partial charge in [0.2, 0.25) is 0 Å². The zero-order valence-electron chi connectivity index (χ0n) is 15.1. The summed E-state index contributed by atoms with van der Waals surface area (Å²) in [5, 5.41) is 17.6. The topological polar surface area (TPSA) is 84.3 Å². The van der Waals surface area contributed by atoms with Crippen LogP contribution < -0.4 is 10.6 Å². The first-order valence-electron chi connectivity index (χ1n) is 9.06. The molecule has 0 spiro atoms. The van der Waals surface area contributed by atoms with Crippen molar-refractivity contribution >= 4 is 34.6 Å². The molecule has 1 saturated carbocycles. The summed E-state index contributed by atoms with van der Waals surface area (Å²) in [5.74, 6) is -0.307. The first-order valence-corrected chi connectivity index (χ1v) is 9.44. The van der Waals surface area contributed by atoms with Crippen molar-refractivity contribution in [1.82, 2.24) is 0 Å². The Balaban J connectivity index is 1.87. The number of carbonyl (C=O) groups excluding carboxylic acids is 1. The van der Waals surface area contributed by atoms with Crippen molar-refractivity contribution < 1.29 is 9.72 Å². The summed E-state index contributed by atoms with van der Waals surface area (Å²) in [7, 11) is 0. The molecule has 2 aromatic rings. The van der Waals surface area contributed by atoms with Crippen LogP contribution in [0.2, 0.25) is 5.02 Å². The van der Waals surface area contributed by atoms with E-state index >= 15 is 0 Å². The fourth-order valence-corrected chi connectivity index (χ4v) is 3.58. The van der Waals surface area contributed by atoms with Crippen molar-refractivity contribution in [3.63, 3.8) is 0 Å². The van der Waals surface area contributed by atoms with Crippen LogP contribution in [0.5, 0.6) is 0 Å². The van der Waals surface area contributed by atoms with Crippen molar-refractivity contribution in [2.24, 2.45) is 0 Å². The van der Waals surface area contributed by atoms with E-state index in [1.807, 2.05) is 13.0 Å². The van der Waals surface area contributed by atoms with Crippen LogP contribution in [-0.4, -0.2) is 16.9 Å². The van der Waals surface area contributed by atoms with E-state index in [0.29, 0.717) is 16.9 Å². The number of carbonyl (C=O) groups is 1. The average molecular weight is 388 g/mol. The Morgan fingerprint density at radius 1 is 1.15 bits per heavy atom. The standard InChI is InChI=1S/C20H22ClN3O3/c1-13-6-5-7-14(10-13)20(25)23-17-12-18(19(24(26)27)11-16(17)21)22-15-8-3-2-4-9-15/h5-7,10-12,15,22H,2-4,8-9H2,1H3,(H,23,25). The van der Waals surface area contributed by atoms with E-state index < -0.39 is 4.92 Å². The number of anilines is 2. The van der Waals surface area contributed by atoms with Crippen molar-refractivity contribution in [2.75, 3.05) is 10.6 Å². The monoisotopic (exact) mass is 387 g/mol. The smallest absolute Gasteiger partial charge is 0.293 e. The highest BCUT2D eigenvalue weighted by molar-refractivity contribution is 6.34. The number of aryl methyl sites for hydroxylation is 1. The van der Waals surface area contributed by atoms with Crippen LogP contribution in [0.3, 0.4) is 0 Å². The van der Waals surface area contributed by atoms with Gasteiger partial charge < -0.3 is 10.6 Å². The van der Waals surface area contributed by atoms with Gasteiger partial charge in [-0.15, -0.1) is 0 Å². The third-order valence-electron chi connectivity index (χ3n) is 4.78. The van der Waals surface area contributed by atoms with Gasteiger partial charge in [-0.25, -0.2) is 0 Å². The number of rotatable bonds is 5. The zero-order valence-corrected chi connectivity index (χ0v) is 15.9. The Labute approximate surface area is 163 Å². The lowest BCUT2D eigenvalue weighted by Crippen LogP contribution is -2.23. The Bertz CT molecular complexity index is 864. The fraction of sp³-hybridized carbons (Fsp3) is 0.350. The highest BCUT2D eigenvalue weighted by Crippen LogP contribution is 2.36. The summed E-state index contributed by atoms with van der Waals surface area (Å²) in [6, 6.07) is 10.2. The predicted molar refractivity (Wildman–Crippen MR) is 108 cm³/mol. The van der Waals surface area contributed by atoms with E-state index in [4.69, 9.17) is 11.6 Å². The first-order chi connectivity index (χ1) is 12.9. The van der Waals surface area contributed by atoms with E-state index in [2.05, 4.69) is 10.6 Å². The summed E-state index contributed by atoms with van der Waals surface area (Å²) >= 11 is 6.20. The average Bonchev–Trinajstić information content (AvgIpc) is 2.64. The maximum atomic E-state index is 12.5. The molecule has 0 aliphatic heterocycles. The predicted octanol–water partition coefficient (Wildman–Crippen LogP) is 5.55. The van der Waals surface area contributed by atoms with Crippen LogP contribution in [-0.2, 0) is 0 Å². The van der Waals surface area contributed by atoms with E-state index in [9.17, 15) is 14.9 Å². The minimum absolute atomic E-state index is 0.0841. The maximum Gasteiger partial charge on any atom is 0.293 e. The largest absolute Gasteiger partial charge is 0.377 e. The molecule has 142 valence electrons. The molecule has 1 fully saturated rings. The van der Waals surface area contributed by atoms with E-state index in [1.165, 1.54) is 12.5 Å². The summed E-state index contributed by atoms with van der Waals surface area (Å²) in [6.45, 7) is 1.90. The normalized spacial score (nSPS) is 14.6. The molecule has 0 heterocycles. The van der Waals surface area contributed by atoms with Crippen molar-refractivity contribution in [2.45, 2.75) is 45.1 Å². The zero-order chi connectivity index (χ0) is 19.4. The van der Waals surface area contributed by atoms with Crippen LogP contribution >= 0.6 is 11.6 Å². The number of hydrogen-bond acceptors (Lipinski definition) is 4. The lowest BCUT2D eigenvalue weighted by Gasteiger charge is -2.24. The molecule has 1 amide bonds. The molecule has 2 N–H and O–H groups in total. The number of hydrogen-bond donors (Lipinski definition) is 2. The van der Waals surface area contributed by atoms with E-state index in [0.717, 1.165) is 31.2 Å². The molecule has 27 heavy (non-hydrogen) atoms. The summed E-state index contributed by atoms with van der Waals surface area (Å²) in [5.41, 5.74) is 2.13. The molecule has 6 nitrogen and oxygen atoms in total. The molecule has 2 aromatic carbocycles. The van der Waals surface area contributed by atoms with Crippen LogP contribution in [0.4, 0.5) is 17.1 Å². The van der Waals surface area contributed by atoms with E-state index in [-0.39, 0.29) is 22.7 Å². The van der Waals surface area contributed by atoms with E-state index in [1.54, 1.807) is 24.3 Å². The maximum absolute atomic E-state index is 12.5. The van der Waals surface area contributed by atoms with Gasteiger partial charge in [0, 0.05) is 17.7 Å². The third kappa shape index (κ3) is 4.77. The molecule has 1 aliphatic carbocycles. The number of nitro groups is 1. The summed E-state index contributed by atoms with van der Waals surface area (Å²) < 4.78 is 0. The number of benzene rings is 2. The molecular formula is C20H22ClN3O3. The second kappa shape index (κ2) is 8.39. The molecule has 0 atom stereocenters.